The summed E-state index contributed by atoms with van der Waals surface area (Å²) < 4.78 is 0. The molecule has 20 heavy (non-hydrogen) atoms. The number of aromatic nitrogens is 3. The second kappa shape index (κ2) is 5.48. The van der Waals surface area contributed by atoms with Gasteiger partial charge in [0.15, 0.2) is 0 Å². The van der Waals surface area contributed by atoms with E-state index in [1.54, 1.807) is 18.5 Å². The van der Waals surface area contributed by atoms with Crippen LogP contribution in [0.3, 0.4) is 0 Å². The fourth-order valence-electron chi connectivity index (χ4n) is 1.73. The Morgan fingerprint density at radius 2 is 2.05 bits per heavy atom. The molecule has 0 saturated carbocycles. The van der Waals surface area contributed by atoms with Crippen molar-refractivity contribution in [1.29, 1.82) is 5.41 Å². The van der Waals surface area contributed by atoms with Gasteiger partial charge in [0.2, 0.25) is 0 Å². The number of halogens is 1. The first-order valence-corrected chi connectivity index (χ1v) is 7.02. The van der Waals surface area contributed by atoms with Crippen LogP contribution in [0.15, 0.2) is 42.7 Å². The molecular weight excluding hydrogens is 292 g/mol. The second-order valence-electron chi connectivity index (χ2n) is 3.97. The molecule has 0 aliphatic heterocycles. The number of hydrogen-bond donors (Lipinski definition) is 1. The molecule has 3 aromatic rings. The van der Waals surface area contributed by atoms with E-state index in [2.05, 4.69) is 15.0 Å². The molecular formula is C14H9ClN4S. The fraction of sp³-hybridized carbons (Fsp3) is 0. The van der Waals surface area contributed by atoms with Crippen molar-refractivity contribution >= 4 is 29.2 Å². The Kier molecular flexibility index (Phi) is 3.54. The van der Waals surface area contributed by atoms with Crippen LogP contribution in [0.2, 0.25) is 5.15 Å². The summed E-state index contributed by atoms with van der Waals surface area (Å²) in [7, 11) is 0. The van der Waals surface area contributed by atoms with E-state index < -0.39 is 0 Å². The fourth-order valence-corrected chi connectivity index (χ4v) is 2.99. The van der Waals surface area contributed by atoms with Gasteiger partial charge in [-0.2, -0.15) is 0 Å². The van der Waals surface area contributed by atoms with E-state index in [1.165, 1.54) is 17.6 Å². The highest BCUT2D eigenvalue weighted by molar-refractivity contribution is 7.19. The monoisotopic (exact) mass is 300 g/mol. The lowest BCUT2D eigenvalue weighted by atomic mass is 10.3. The van der Waals surface area contributed by atoms with Crippen molar-refractivity contribution in [3.63, 3.8) is 0 Å². The van der Waals surface area contributed by atoms with Crippen LogP contribution >= 0.6 is 22.9 Å². The van der Waals surface area contributed by atoms with Crippen molar-refractivity contribution in [2.75, 3.05) is 0 Å². The average molecular weight is 301 g/mol. The molecule has 98 valence electrons. The molecule has 3 aromatic heterocycles. The van der Waals surface area contributed by atoms with Crippen LogP contribution in [0.1, 0.15) is 5.69 Å². The molecule has 0 spiro atoms. The summed E-state index contributed by atoms with van der Waals surface area (Å²) in [5.41, 5.74) is 2.24. The first-order valence-electron chi connectivity index (χ1n) is 5.82. The molecule has 4 nitrogen and oxygen atoms in total. The first kappa shape index (κ1) is 12.9. The highest BCUT2D eigenvalue weighted by Crippen LogP contribution is 2.36. The van der Waals surface area contributed by atoms with Gasteiger partial charge < -0.3 is 5.41 Å². The number of nitrogens with one attached hydrogen (secondary N) is 1. The van der Waals surface area contributed by atoms with Gasteiger partial charge in [0.05, 0.1) is 16.3 Å². The molecule has 3 rings (SSSR count). The van der Waals surface area contributed by atoms with Crippen LogP contribution < -0.4 is 0 Å². The Morgan fingerprint density at radius 3 is 2.80 bits per heavy atom. The highest BCUT2D eigenvalue weighted by atomic mass is 35.5. The van der Waals surface area contributed by atoms with Crippen LogP contribution in [0, 0.1) is 5.41 Å². The zero-order valence-corrected chi connectivity index (χ0v) is 11.8. The van der Waals surface area contributed by atoms with Gasteiger partial charge in [-0.1, -0.05) is 17.7 Å². The molecule has 0 unspecified atom stereocenters. The van der Waals surface area contributed by atoms with Crippen LogP contribution in [-0.4, -0.2) is 21.2 Å². The summed E-state index contributed by atoms with van der Waals surface area (Å²) in [5, 5.41) is 8.48. The minimum Gasteiger partial charge on any atom is -0.307 e. The number of pyridine rings is 2. The number of rotatable bonds is 3. The molecule has 0 fully saturated rings. The van der Waals surface area contributed by atoms with Gasteiger partial charge in [0.1, 0.15) is 10.2 Å². The van der Waals surface area contributed by atoms with Gasteiger partial charge in [-0.25, -0.2) is 9.97 Å². The summed E-state index contributed by atoms with van der Waals surface area (Å²) >= 11 is 7.67. The van der Waals surface area contributed by atoms with Gasteiger partial charge in [0, 0.05) is 24.2 Å². The van der Waals surface area contributed by atoms with E-state index in [-0.39, 0.29) is 0 Å². The zero-order valence-electron chi connectivity index (χ0n) is 10.2. The summed E-state index contributed by atoms with van der Waals surface area (Å²) in [6.45, 7) is 0. The van der Waals surface area contributed by atoms with Gasteiger partial charge in [-0.3, -0.25) is 4.98 Å². The third kappa shape index (κ3) is 2.45. The second-order valence-corrected chi connectivity index (χ2v) is 5.33. The molecule has 0 aliphatic rings. The first-order chi connectivity index (χ1) is 9.78. The largest absolute Gasteiger partial charge is 0.307 e. The smallest absolute Gasteiger partial charge is 0.150 e. The van der Waals surface area contributed by atoms with Crippen LogP contribution in [0.5, 0.6) is 0 Å². The third-order valence-electron chi connectivity index (χ3n) is 2.65. The summed E-state index contributed by atoms with van der Waals surface area (Å²) in [5.74, 6) is 0. The number of hydrogen-bond acceptors (Lipinski definition) is 5. The molecule has 3 heterocycles. The molecule has 0 amide bonds. The molecule has 6 heteroatoms. The molecule has 0 aliphatic carbocycles. The van der Waals surface area contributed by atoms with Crippen LogP contribution in [0.25, 0.3) is 21.1 Å². The van der Waals surface area contributed by atoms with Crippen LogP contribution in [-0.2, 0) is 0 Å². The Labute approximate surface area is 124 Å². The van der Waals surface area contributed by atoms with Crippen molar-refractivity contribution < 1.29 is 0 Å². The van der Waals surface area contributed by atoms with E-state index in [1.807, 2.05) is 24.3 Å². The van der Waals surface area contributed by atoms with Crippen molar-refractivity contribution in [2.45, 2.75) is 0 Å². The maximum atomic E-state index is 7.26. The molecule has 0 aromatic carbocycles. The van der Waals surface area contributed by atoms with Crippen molar-refractivity contribution in [3.8, 4) is 21.1 Å². The number of thiazole rings is 1. The Bertz CT molecular complexity index is 755. The predicted molar refractivity (Wildman–Crippen MR) is 81.5 cm³/mol. The van der Waals surface area contributed by atoms with Gasteiger partial charge in [-0.15, -0.1) is 11.3 Å². The lowest BCUT2D eigenvalue weighted by Crippen LogP contribution is -1.88. The zero-order chi connectivity index (χ0) is 13.9. The van der Waals surface area contributed by atoms with E-state index in [4.69, 9.17) is 17.0 Å². The minimum absolute atomic E-state index is 0.420. The van der Waals surface area contributed by atoms with Crippen molar-refractivity contribution in [2.24, 2.45) is 0 Å². The molecule has 0 atom stereocenters. The summed E-state index contributed by atoms with van der Waals surface area (Å²) in [4.78, 5) is 13.6. The Hall–Kier alpha value is -2.11. The predicted octanol–water partition coefficient (Wildman–Crippen LogP) is 3.92. The lowest BCUT2D eigenvalue weighted by molar-refractivity contribution is 1.29. The quantitative estimate of drug-likeness (QED) is 0.746. The normalized spacial score (nSPS) is 10.4. The van der Waals surface area contributed by atoms with Crippen molar-refractivity contribution in [1.82, 2.24) is 15.0 Å². The molecule has 1 N–H and O–H groups in total. The maximum absolute atomic E-state index is 7.26. The third-order valence-corrected chi connectivity index (χ3v) is 4.16. The summed E-state index contributed by atoms with van der Waals surface area (Å²) in [6, 6.07) is 9.28. The lowest BCUT2D eigenvalue weighted by Gasteiger charge is -1.98. The van der Waals surface area contributed by atoms with E-state index in [0.29, 0.717) is 10.8 Å². The SMILES string of the molecule is N=Cc1cccc(-c2sc(-c3cccnc3)nc2Cl)n1. The topological polar surface area (TPSA) is 62.5 Å². The maximum Gasteiger partial charge on any atom is 0.150 e. The Morgan fingerprint density at radius 1 is 1.15 bits per heavy atom. The summed E-state index contributed by atoms with van der Waals surface area (Å²) in [6.07, 6.45) is 4.68. The molecule has 0 radical (unpaired) electrons. The highest BCUT2D eigenvalue weighted by Gasteiger charge is 2.14. The van der Waals surface area contributed by atoms with Crippen molar-refractivity contribution in [3.05, 3.63) is 53.6 Å². The molecule has 0 saturated heterocycles. The van der Waals surface area contributed by atoms with E-state index >= 15 is 0 Å². The average Bonchev–Trinajstić information content (AvgIpc) is 2.90. The van der Waals surface area contributed by atoms with Gasteiger partial charge in [0.25, 0.3) is 0 Å². The van der Waals surface area contributed by atoms with Gasteiger partial charge >= 0.3 is 0 Å². The Balaban J connectivity index is 2.07. The standard InChI is InChI=1S/C14H9ClN4S/c15-13-12(11-5-1-4-10(7-16)18-11)20-14(19-13)9-3-2-6-17-8-9/h1-8,16H. The minimum atomic E-state index is 0.420. The van der Waals surface area contributed by atoms with Crippen LogP contribution in [0.4, 0.5) is 0 Å². The molecule has 0 bridgehead atoms. The van der Waals surface area contributed by atoms with Gasteiger partial charge in [-0.05, 0) is 24.3 Å². The van der Waals surface area contributed by atoms with E-state index in [9.17, 15) is 0 Å². The number of nitrogens with zero attached hydrogens (tertiary/aromatic N) is 3. The van der Waals surface area contributed by atoms with E-state index in [0.717, 1.165) is 21.1 Å².